The van der Waals surface area contributed by atoms with Crippen molar-refractivity contribution in [2.45, 2.75) is 25.7 Å². The Balaban J connectivity index is 1.14. The summed E-state index contributed by atoms with van der Waals surface area (Å²) in [6.07, 6.45) is 15.6. The van der Waals surface area contributed by atoms with Gasteiger partial charge in [-0.3, -0.25) is 0 Å². The van der Waals surface area contributed by atoms with Gasteiger partial charge in [-0.15, -0.1) is 11.3 Å². The van der Waals surface area contributed by atoms with Crippen molar-refractivity contribution in [2.75, 3.05) is 0 Å². The zero-order valence-corrected chi connectivity index (χ0v) is 29.2. The van der Waals surface area contributed by atoms with Crippen molar-refractivity contribution < 1.29 is 4.42 Å². The molecule has 4 heteroatoms. The van der Waals surface area contributed by atoms with Crippen molar-refractivity contribution in [1.29, 1.82) is 0 Å². The summed E-state index contributed by atoms with van der Waals surface area (Å²) in [4.78, 5) is 10.9. The summed E-state index contributed by atoms with van der Waals surface area (Å²) >= 11 is 1.80. The molecule has 0 unspecified atom stereocenters. The number of allylic oxidation sites excluding steroid dienone is 8. The van der Waals surface area contributed by atoms with Crippen molar-refractivity contribution in [3.05, 3.63) is 162 Å². The van der Waals surface area contributed by atoms with E-state index >= 15 is 0 Å². The third-order valence-corrected chi connectivity index (χ3v) is 12.1. The SMILES string of the molecule is C1=CCCC(C2=CC=C(c3nc(-c4cc5c6cc(-c7ccc8ccccc8c7)ccc6oc5c5ccccc45)nc4c3sc3ccccc34)CC2)=C1. The Hall–Kier alpha value is -6.10. The average molecular weight is 685 g/mol. The average Bonchev–Trinajstić information content (AvgIpc) is 3.79. The summed E-state index contributed by atoms with van der Waals surface area (Å²) in [7, 11) is 0. The number of fused-ring (bicyclic) bond motifs is 9. The lowest BCUT2D eigenvalue weighted by atomic mass is 9.88. The van der Waals surface area contributed by atoms with Gasteiger partial charge < -0.3 is 4.42 Å². The van der Waals surface area contributed by atoms with Gasteiger partial charge in [0, 0.05) is 31.8 Å². The number of furan rings is 1. The Morgan fingerprint density at radius 2 is 1.31 bits per heavy atom. The van der Waals surface area contributed by atoms with Gasteiger partial charge in [0.1, 0.15) is 11.2 Å². The molecule has 246 valence electrons. The fourth-order valence-corrected chi connectivity index (χ4v) is 9.40. The molecule has 6 aromatic carbocycles. The molecule has 3 aromatic heterocycles. The Morgan fingerprint density at radius 3 is 2.17 bits per heavy atom. The first kappa shape index (κ1) is 29.6. The maximum atomic E-state index is 6.65. The molecule has 2 aliphatic carbocycles. The van der Waals surface area contributed by atoms with Gasteiger partial charge in [0.15, 0.2) is 5.82 Å². The van der Waals surface area contributed by atoms with Crippen molar-refractivity contribution in [3.63, 3.8) is 0 Å². The lowest BCUT2D eigenvalue weighted by Gasteiger charge is -2.19. The first-order valence-electron chi connectivity index (χ1n) is 18.1. The number of nitrogens with zero attached hydrogens (tertiary/aromatic N) is 2. The largest absolute Gasteiger partial charge is 0.455 e. The van der Waals surface area contributed by atoms with Crippen molar-refractivity contribution in [2.24, 2.45) is 0 Å². The molecule has 9 aromatic rings. The van der Waals surface area contributed by atoms with E-state index in [0.29, 0.717) is 0 Å². The quantitative estimate of drug-likeness (QED) is 0.185. The molecular weight excluding hydrogens is 653 g/mol. The zero-order chi connectivity index (χ0) is 34.2. The van der Waals surface area contributed by atoms with Crippen molar-refractivity contribution in [3.8, 4) is 22.5 Å². The van der Waals surface area contributed by atoms with Crippen LogP contribution in [-0.4, -0.2) is 9.97 Å². The number of rotatable bonds is 4. The number of hydrogen-bond donors (Lipinski definition) is 0. The molecule has 2 aliphatic rings. The predicted molar refractivity (Wildman–Crippen MR) is 220 cm³/mol. The van der Waals surface area contributed by atoms with Gasteiger partial charge in [-0.1, -0.05) is 115 Å². The van der Waals surface area contributed by atoms with Crippen LogP contribution in [0.4, 0.5) is 0 Å². The molecule has 0 radical (unpaired) electrons. The Labute approximate surface area is 304 Å². The monoisotopic (exact) mass is 684 g/mol. The summed E-state index contributed by atoms with van der Waals surface area (Å²) in [6.45, 7) is 0. The van der Waals surface area contributed by atoms with Gasteiger partial charge >= 0.3 is 0 Å². The van der Waals surface area contributed by atoms with Crippen LogP contribution in [0.3, 0.4) is 0 Å². The third kappa shape index (κ3) is 4.72. The first-order valence-corrected chi connectivity index (χ1v) is 18.9. The fraction of sp³-hybridized carbons (Fsp3) is 0.0833. The lowest BCUT2D eigenvalue weighted by Crippen LogP contribution is -2.02. The topological polar surface area (TPSA) is 38.9 Å². The van der Waals surface area contributed by atoms with E-state index in [9.17, 15) is 0 Å². The van der Waals surface area contributed by atoms with E-state index in [2.05, 4.69) is 146 Å². The molecule has 11 rings (SSSR count). The smallest absolute Gasteiger partial charge is 0.161 e. The van der Waals surface area contributed by atoms with Crippen LogP contribution in [0.5, 0.6) is 0 Å². The number of benzene rings is 6. The zero-order valence-electron chi connectivity index (χ0n) is 28.4. The summed E-state index contributed by atoms with van der Waals surface area (Å²) < 4.78 is 9.04. The Kier molecular flexibility index (Phi) is 6.68. The van der Waals surface area contributed by atoms with Crippen LogP contribution >= 0.6 is 11.3 Å². The predicted octanol–water partition coefficient (Wildman–Crippen LogP) is 13.8. The summed E-state index contributed by atoms with van der Waals surface area (Å²) in [5, 5.41) is 7.98. The van der Waals surface area contributed by atoms with E-state index in [1.165, 1.54) is 43.1 Å². The van der Waals surface area contributed by atoms with Gasteiger partial charge in [0.2, 0.25) is 0 Å². The minimum Gasteiger partial charge on any atom is -0.455 e. The highest BCUT2D eigenvalue weighted by Crippen LogP contribution is 2.44. The maximum absolute atomic E-state index is 6.65. The molecule has 0 saturated carbocycles. The number of aromatic nitrogens is 2. The standard InChI is InChI=1S/C48H32N2OS/c1-2-10-29(11-3-1)31-18-21-32(22-19-31)44-47-45(38-16-8-9-17-43(38)52-47)50-48(49-44)41-28-40-39-27-35(34-23-20-30-12-4-5-13-33(30)26-34)24-25-42(39)51-46(40)37-15-7-6-14-36(37)41/h1-2,4-10,12-18,20-21,23-28H,3,11,19,22H2. The molecule has 0 amide bonds. The van der Waals surface area contributed by atoms with Crippen molar-refractivity contribution in [1.82, 2.24) is 9.97 Å². The summed E-state index contributed by atoms with van der Waals surface area (Å²) in [5.74, 6) is 0.750. The lowest BCUT2D eigenvalue weighted by molar-refractivity contribution is 0.673. The molecule has 0 N–H and O–H groups in total. The van der Waals surface area contributed by atoms with Crippen LogP contribution < -0.4 is 0 Å². The highest BCUT2D eigenvalue weighted by Gasteiger charge is 2.23. The molecule has 52 heavy (non-hydrogen) atoms. The molecule has 0 aliphatic heterocycles. The van der Waals surface area contributed by atoms with E-state index in [4.69, 9.17) is 14.4 Å². The second kappa shape index (κ2) is 11.7. The maximum Gasteiger partial charge on any atom is 0.161 e. The number of hydrogen-bond acceptors (Lipinski definition) is 4. The van der Waals surface area contributed by atoms with E-state index in [1.54, 1.807) is 11.3 Å². The molecule has 0 bridgehead atoms. The minimum absolute atomic E-state index is 0.750. The normalized spacial score (nSPS) is 14.9. The third-order valence-electron chi connectivity index (χ3n) is 10.9. The van der Waals surface area contributed by atoms with Crippen LogP contribution in [-0.2, 0) is 0 Å². The Bertz CT molecular complexity index is 3080. The highest BCUT2D eigenvalue weighted by molar-refractivity contribution is 7.26. The van der Waals surface area contributed by atoms with Gasteiger partial charge in [0.25, 0.3) is 0 Å². The Morgan fingerprint density at radius 1 is 0.558 bits per heavy atom. The van der Waals surface area contributed by atoms with E-state index in [1.807, 2.05) is 0 Å². The molecule has 0 saturated heterocycles. The molecular formula is C48H32N2OS. The molecule has 0 atom stereocenters. The molecule has 3 heterocycles. The first-order chi connectivity index (χ1) is 25.7. The van der Waals surface area contributed by atoms with Crippen LogP contribution in [0, 0.1) is 0 Å². The van der Waals surface area contributed by atoms with Gasteiger partial charge in [-0.25, -0.2) is 9.97 Å². The van der Waals surface area contributed by atoms with Crippen LogP contribution in [0.2, 0.25) is 0 Å². The summed E-state index contributed by atoms with van der Waals surface area (Å²) in [5.41, 5.74) is 11.4. The minimum atomic E-state index is 0.750. The van der Waals surface area contributed by atoms with Gasteiger partial charge in [-0.2, -0.15) is 0 Å². The summed E-state index contributed by atoms with van der Waals surface area (Å²) in [6, 6.07) is 41.2. The fourth-order valence-electron chi connectivity index (χ4n) is 8.23. The van der Waals surface area contributed by atoms with E-state index in [0.717, 1.165) is 91.3 Å². The van der Waals surface area contributed by atoms with E-state index < -0.39 is 0 Å². The van der Waals surface area contributed by atoms with Crippen LogP contribution in [0.1, 0.15) is 31.4 Å². The number of thiophene rings is 1. The molecule has 0 fully saturated rings. The molecule has 3 nitrogen and oxygen atoms in total. The van der Waals surface area contributed by atoms with Crippen molar-refractivity contribution >= 4 is 80.7 Å². The second-order valence-electron chi connectivity index (χ2n) is 13.9. The second-order valence-corrected chi connectivity index (χ2v) is 15.0. The highest BCUT2D eigenvalue weighted by atomic mass is 32.1. The van der Waals surface area contributed by atoms with Gasteiger partial charge in [-0.05, 0) is 100 Å². The van der Waals surface area contributed by atoms with Crippen LogP contribution in [0.25, 0.3) is 91.9 Å². The van der Waals surface area contributed by atoms with Crippen LogP contribution in [0.15, 0.2) is 161 Å². The van der Waals surface area contributed by atoms with Gasteiger partial charge in [0.05, 0.1) is 15.9 Å². The molecule has 0 spiro atoms. The van der Waals surface area contributed by atoms with E-state index in [-0.39, 0.29) is 0 Å².